The summed E-state index contributed by atoms with van der Waals surface area (Å²) in [5.41, 5.74) is 8.25. The summed E-state index contributed by atoms with van der Waals surface area (Å²) in [5.74, 6) is 1.83. The van der Waals surface area contributed by atoms with Crippen LogP contribution in [0.5, 0.6) is 11.5 Å². The van der Waals surface area contributed by atoms with Crippen molar-refractivity contribution in [2.45, 2.75) is 31.7 Å². The number of fused-ring (bicyclic) bond motifs is 1. The number of aromatic nitrogens is 3. The molecular weight excluding hydrogens is 376 g/mol. The topological polar surface area (TPSA) is 83.0 Å². The van der Waals surface area contributed by atoms with Crippen LogP contribution in [0.4, 0.5) is 5.82 Å². The molecule has 150 valence electrons. The molecule has 6 nitrogen and oxygen atoms in total. The molecule has 30 heavy (non-hydrogen) atoms. The lowest BCUT2D eigenvalue weighted by molar-refractivity contribution is 0.483. The summed E-state index contributed by atoms with van der Waals surface area (Å²) in [4.78, 5) is 21.5. The highest BCUT2D eigenvalue weighted by Gasteiger charge is 2.22. The van der Waals surface area contributed by atoms with E-state index in [0.717, 1.165) is 48.3 Å². The van der Waals surface area contributed by atoms with E-state index in [1.807, 2.05) is 65.4 Å². The maximum absolute atomic E-state index is 13.1. The third kappa shape index (κ3) is 3.30. The highest BCUT2D eigenvalue weighted by atomic mass is 16.5. The molecule has 0 spiro atoms. The van der Waals surface area contributed by atoms with E-state index in [9.17, 15) is 4.79 Å². The number of hydrogen-bond acceptors (Lipinski definition) is 5. The van der Waals surface area contributed by atoms with Crippen LogP contribution in [0.2, 0.25) is 0 Å². The zero-order chi connectivity index (χ0) is 20.5. The fourth-order valence-corrected chi connectivity index (χ4v) is 4.21. The number of para-hydroxylation sites is 1. The van der Waals surface area contributed by atoms with Gasteiger partial charge in [-0.15, -0.1) is 0 Å². The molecule has 4 aromatic rings. The fourth-order valence-electron chi connectivity index (χ4n) is 4.21. The maximum Gasteiger partial charge on any atom is 0.277 e. The van der Waals surface area contributed by atoms with Gasteiger partial charge in [0, 0.05) is 17.8 Å². The van der Waals surface area contributed by atoms with Crippen molar-refractivity contribution >= 4 is 16.7 Å². The monoisotopic (exact) mass is 398 g/mol. The summed E-state index contributed by atoms with van der Waals surface area (Å²) in [5, 5.41) is 0.605. The van der Waals surface area contributed by atoms with Gasteiger partial charge in [0.05, 0.1) is 5.39 Å². The minimum absolute atomic E-state index is 0.0984. The molecule has 6 heteroatoms. The standard InChI is InChI=1S/C24H22N4O2/c25-23-21-20(16-10-12-19(13-11-16)30-18-8-2-1-3-9-18)14-28(17-6-4-5-7-17)24(29)22(21)26-15-27-23/h1-3,8-15,17H,4-7H2,(H2,25,26,27). The van der Waals surface area contributed by atoms with Crippen molar-refractivity contribution in [3.63, 3.8) is 0 Å². The molecule has 0 aliphatic heterocycles. The predicted octanol–water partition coefficient (Wildman–Crippen LogP) is 4.95. The van der Waals surface area contributed by atoms with E-state index in [4.69, 9.17) is 10.5 Å². The molecule has 1 fully saturated rings. The van der Waals surface area contributed by atoms with Crippen molar-refractivity contribution in [1.82, 2.24) is 14.5 Å². The second-order valence-electron chi connectivity index (χ2n) is 7.62. The second kappa shape index (κ2) is 7.63. The van der Waals surface area contributed by atoms with E-state index in [0.29, 0.717) is 16.7 Å². The van der Waals surface area contributed by atoms with Gasteiger partial charge in [0.25, 0.3) is 5.56 Å². The Morgan fingerprint density at radius 3 is 2.37 bits per heavy atom. The molecule has 1 saturated carbocycles. The maximum atomic E-state index is 13.1. The van der Waals surface area contributed by atoms with Crippen molar-refractivity contribution in [2.75, 3.05) is 5.73 Å². The quantitative estimate of drug-likeness (QED) is 0.526. The third-order valence-electron chi connectivity index (χ3n) is 5.71. The Morgan fingerprint density at radius 2 is 1.63 bits per heavy atom. The number of ether oxygens (including phenoxy) is 1. The van der Waals surface area contributed by atoms with Crippen molar-refractivity contribution in [3.05, 3.63) is 77.5 Å². The van der Waals surface area contributed by atoms with Gasteiger partial charge in [-0.3, -0.25) is 4.79 Å². The van der Waals surface area contributed by atoms with E-state index >= 15 is 0 Å². The van der Waals surface area contributed by atoms with Crippen LogP contribution in [-0.4, -0.2) is 14.5 Å². The van der Waals surface area contributed by atoms with Gasteiger partial charge in [-0.05, 0) is 42.7 Å². The number of nitrogens with zero attached hydrogens (tertiary/aromatic N) is 3. The van der Waals surface area contributed by atoms with Crippen molar-refractivity contribution in [3.8, 4) is 22.6 Å². The summed E-state index contributed by atoms with van der Waals surface area (Å²) >= 11 is 0. The molecule has 1 aliphatic rings. The Hall–Kier alpha value is -3.67. The molecule has 0 bridgehead atoms. The van der Waals surface area contributed by atoms with Gasteiger partial charge in [0.15, 0.2) is 0 Å². The van der Waals surface area contributed by atoms with Gasteiger partial charge in [0.2, 0.25) is 0 Å². The molecule has 0 unspecified atom stereocenters. The van der Waals surface area contributed by atoms with Crippen LogP contribution in [0, 0.1) is 0 Å². The zero-order valence-electron chi connectivity index (χ0n) is 16.5. The SMILES string of the molecule is Nc1ncnc2c(=O)n(C3CCCC3)cc(-c3ccc(Oc4ccccc4)cc3)c12. The molecule has 0 amide bonds. The number of nitrogen functional groups attached to an aromatic ring is 1. The van der Waals surface area contributed by atoms with Crippen LogP contribution in [-0.2, 0) is 0 Å². The van der Waals surface area contributed by atoms with E-state index in [-0.39, 0.29) is 11.6 Å². The summed E-state index contributed by atoms with van der Waals surface area (Å²) in [6, 6.07) is 17.6. The van der Waals surface area contributed by atoms with Gasteiger partial charge < -0.3 is 15.0 Å². The molecular formula is C24H22N4O2. The first-order valence-electron chi connectivity index (χ1n) is 10.2. The Bertz CT molecular complexity index is 1240. The summed E-state index contributed by atoms with van der Waals surface area (Å²) < 4.78 is 7.74. The number of pyridine rings is 1. The lowest BCUT2D eigenvalue weighted by Gasteiger charge is -2.17. The van der Waals surface area contributed by atoms with Crippen LogP contribution in [0.1, 0.15) is 31.7 Å². The smallest absolute Gasteiger partial charge is 0.277 e. The first-order valence-corrected chi connectivity index (χ1v) is 10.2. The molecule has 2 heterocycles. The molecule has 0 atom stereocenters. The molecule has 0 radical (unpaired) electrons. The van der Waals surface area contributed by atoms with E-state index in [1.54, 1.807) is 0 Å². The van der Waals surface area contributed by atoms with Gasteiger partial charge in [-0.2, -0.15) is 0 Å². The lowest BCUT2D eigenvalue weighted by Crippen LogP contribution is -2.24. The molecule has 5 rings (SSSR count). The summed E-state index contributed by atoms with van der Waals surface area (Å²) in [6.07, 6.45) is 7.58. The van der Waals surface area contributed by atoms with Crippen LogP contribution in [0.25, 0.3) is 22.0 Å². The van der Waals surface area contributed by atoms with Gasteiger partial charge >= 0.3 is 0 Å². The van der Waals surface area contributed by atoms with Gasteiger partial charge in [-0.1, -0.05) is 43.2 Å². The van der Waals surface area contributed by atoms with Crippen molar-refractivity contribution in [2.24, 2.45) is 0 Å². The van der Waals surface area contributed by atoms with Crippen molar-refractivity contribution < 1.29 is 4.74 Å². The van der Waals surface area contributed by atoms with Crippen molar-refractivity contribution in [1.29, 1.82) is 0 Å². The third-order valence-corrected chi connectivity index (χ3v) is 5.71. The first-order chi connectivity index (χ1) is 14.7. The normalized spacial score (nSPS) is 14.3. The van der Waals surface area contributed by atoms with E-state index < -0.39 is 0 Å². The van der Waals surface area contributed by atoms with Crippen LogP contribution in [0.15, 0.2) is 71.9 Å². The van der Waals surface area contributed by atoms with Gasteiger partial charge in [0.1, 0.15) is 29.2 Å². The largest absolute Gasteiger partial charge is 0.457 e. The average molecular weight is 398 g/mol. The summed E-state index contributed by atoms with van der Waals surface area (Å²) in [6.45, 7) is 0. The lowest BCUT2D eigenvalue weighted by atomic mass is 10.0. The molecule has 2 aromatic heterocycles. The molecule has 2 N–H and O–H groups in total. The molecule has 0 saturated heterocycles. The summed E-state index contributed by atoms with van der Waals surface area (Å²) in [7, 11) is 0. The van der Waals surface area contributed by atoms with Gasteiger partial charge in [-0.25, -0.2) is 9.97 Å². The minimum Gasteiger partial charge on any atom is -0.457 e. The van der Waals surface area contributed by atoms with E-state index in [1.165, 1.54) is 6.33 Å². The Kier molecular flexibility index (Phi) is 4.67. The number of nitrogens with two attached hydrogens (primary N) is 1. The second-order valence-corrected chi connectivity index (χ2v) is 7.62. The first kappa shape index (κ1) is 18.4. The Labute approximate surface area is 174 Å². The Balaban J connectivity index is 1.61. The number of anilines is 1. The fraction of sp³-hybridized carbons (Fsp3) is 0.208. The molecule has 2 aromatic carbocycles. The van der Waals surface area contributed by atoms with Crippen LogP contribution >= 0.6 is 0 Å². The van der Waals surface area contributed by atoms with Crippen LogP contribution < -0.4 is 16.0 Å². The zero-order valence-corrected chi connectivity index (χ0v) is 16.5. The predicted molar refractivity (Wildman–Crippen MR) is 118 cm³/mol. The average Bonchev–Trinajstić information content (AvgIpc) is 3.31. The van der Waals surface area contributed by atoms with E-state index in [2.05, 4.69) is 9.97 Å². The minimum atomic E-state index is -0.0984. The number of benzene rings is 2. The molecule has 1 aliphatic carbocycles. The van der Waals surface area contributed by atoms with Crippen LogP contribution in [0.3, 0.4) is 0 Å². The Morgan fingerprint density at radius 1 is 0.933 bits per heavy atom. The highest BCUT2D eigenvalue weighted by molar-refractivity contribution is 6.00. The highest BCUT2D eigenvalue weighted by Crippen LogP contribution is 2.34. The number of rotatable bonds is 4. The number of hydrogen-bond donors (Lipinski definition) is 1.